The predicted octanol–water partition coefficient (Wildman–Crippen LogP) is 4.98. The van der Waals surface area contributed by atoms with Gasteiger partial charge >= 0.3 is 0 Å². The van der Waals surface area contributed by atoms with Crippen molar-refractivity contribution in [1.82, 2.24) is 14.9 Å². The Morgan fingerprint density at radius 2 is 1.85 bits per heavy atom. The van der Waals surface area contributed by atoms with Gasteiger partial charge in [0.1, 0.15) is 0 Å². The molecule has 0 aliphatic carbocycles. The first-order valence-electron chi connectivity index (χ1n) is 8.86. The second-order valence-corrected chi connectivity index (χ2v) is 8.16. The normalized spacial score (nSPS) is 19.4. The fourth-order valence-electron chi connectivity index (χ4n) is 3.73. The number of rotatable bonds is 3. The molecule has 2 atom stereocenters. The summed E-state index contributed by atoms with van der Waals surface area (Å²) in [5.74, 6) is 0. The second kappa shape index (κ2) is 7.09. The maximum atomic E-state index is 5.76. The van der Waals surface area contributed by atoms with Gasteiger partial charge in [0.15, 0.2) is 5.11 Å². The van der Waals surface area contributed by atoms with Crippen molar-refractivity contribution in [1.29, 1.82) is 0 Å². The topological polar surface area (TPSA) is 33.1 Å². The van der Waals surface area contributed by atoms with Crippen LogP contribution in [0.1, 0.15) is 34.7 Å². The van der Waals surface area contributed by atoms with E-state index in [2.05, 4.69) is 80.9 Å². The average Bonchev–Trinajstić information content (AvgIpc) is 3.14. The summed E-state index contributed by atoms with van der Waals surface area (Å²) < 4.78 is 3.28. The highest BCUT2D eigenvalue weighted by atomic mass is 79.9. The molecule has 0 saturated carbocycles. The van der Waals surface area contributed by atoms with Crippen LogP contribution in [0.5, 0.6) is 0 Å². The number of pyridine rings is 1. The Kier molecular flexibility index (Phi) is 4.78. The highest BCUT2D eigenvalue weighted by Crippen LogP contribution is 2.43. The number of nitrogens with zero attached hydrogens (tertiary/aromatic N) is 3. The molecule has 1 aromatic carbocycles. The number of halogens is 1. The molecule has 6 heteroatoms. The third kappa shape index (κ3) is 3.17. The van der Waals surface area contributed by atoms with Crippen LogP contribution in [-0.2, 0) is 7.05 Å². The summed E-state index contributed by atoms with van der Waals surface area (Å²) in [5.41, 5.74) is 5.80. The van der Waals surface area contributed by atoms with Gasteiger partial charge in [-0.3, -0.25) is 4.98 Å². The van der Waals surface area contributed by atoms with Crippen LogP contribution in [0.3, 0.4) is 0 Å². The van der Waals surface area contributed by atoms with Crippen molar-refractivity contribution in [2.45, 2.75) is 25.9 Å². The van der Waals surface area contributed by atoms with Gasteiger partial charge in [0, 0.05) is 34.8 Å². The fraction of sp³-hybridized carbons (Fsp3) is 0.238. The standard InChI is InChI=1S/C21H21BrN4S/c1-13-12-17(14(2)25(13)3)20-19(18-6-4-5-11-23-18)24-21(27)26(20)16-9-7-15(22)8-10-16/h4-12,19-20H,1-3H3,(H,24,27). The molecule has 2 aromatic heterocycles. The van der Waals surface area contributed by atoms with E-state index < -0.39 is 0 Å². The van der Waals surface area contributed by atoms with Gasteiger partial charge in [-0.1, -0.05) is 22.0 Å². The lowest BCUT2D eigenvalue weighted by Crippen LogP contribution is -2.29. The molecule has 0 spiro atoms. The number of thiocarbonyl (C=S) groups is 1. The van der Waals surface area contributed by atoms with Gasteiger partial charge < -0.3 is 14.8 Å². The molecular weight excluding hydrogens is 420 g/mol. The number of aromatic nitrogens is 2. The van der Waals surface area contributed by atoms with Crippen LogP contribution in [0.25, 0.3) is 0 Å². The molecule has 0 amide bonds. The van der Waals surface area contributed by atoms with E-state index in [-0.39, 0.29) is 12.1 Å². The summed E-state index contributed by atoms with van der Waals surface area (Å²) in [4.78, 5) is 6.82. The monoisotopic (exact) mass is 440 g/mol. The van der Waals surface area contributed by atoms with Crippen LogP contribution in [0.15, 0.2) is 59.2 Å². The van der Waals surface area contributed by atoms with E-state index >= 15 is 0 Å². The van der Waals surface area contributed by atoms with Gasteiger partial charge in [0.2, 0.25) is 0 Å². The van der Waals surface area contributed by atoms with E-state index in [9.17, 15) is 0 Å². The summed E-state index contributed by atoms with van der Waals surface area (Å²) in [6, 6.07) is 16.6. The first kappa shape index (κ1) is 18.2. The molecular formula is C21H21BrN4S. The van der Waals surface area contributed by atoms with Crippen molar-refractivity contribution in [3.63, 3.8) is 0 Å². The number of nitrogens with one attached hydrogen (secondary N) is 1. The second-order valence-electron chi connectivity index (χ2n) is 6.86. The van der Waals surface area contributed by atoms with Crippen LogP contribution in [-0.4, -0.2) is 14.7 Å². The number of aryl methyl sites for hydroxylation is 1. The van der Waals surface area contributed by atoms with Gasteiger partial charge in [-0.15, -0.1) is 0 Å². The molecule has 27 heavy (non-hydrogen) atoms. The van der Waals surface area contributed by atoms with E-state index in [1.54, 1.807) is 0 Å². The molecule has 3 aromatic rings. The zero-order valence-corrected chi connectivity index (χ0v) is 17.9. The molecule has 0 radical (unpaired) electrons. The number of benzene rings is 1. The minimum Gasteiger partial charge on any atom is -0.352 e. The lowest BCUT2D eigenvalue weighted by molar-refractivity contribution is 0.564. The maximum absolute atomic E-state index is 5.76. The summed E-state index contributed by atoms with van der Waals surface area (Å²) in [6.45, 7) is 4.30. The van der Waals surface area contributed by atoms with Gasteiger partial charge in [0.25, 0.3) is 0 Å². The van der Waals surface area contributed by atoms with E-state index in [0.717, 1.165) is 21.0 Å². The SMILES string of the molecule is Cc1cc(C2C(c3ccccn3)NC(=S)N2c2ccc(Br)cc2)c(C)n1C. The molecule has 4 rings (SSSR count). The molecule has 138 valence electrons. The Morgan fingerprint density at radius 3 is 2.44 bits per heavy atom. The Hall–Kier alpha value is -2.18. The van der Waals surface area contributed by atoms with Crippen molar-refractivity contribution in [2.24, 2.45) is 7.05 Å². The molecule has 1 fully saturated rings. The minimum absolute atomic E-state index is 0.0113. The first-order chi connectivity index (χ1) is 13.0. The van der Waals surface area contributed by atoms with E-state index in [1.807, 2.05) is 30.5 Å². The van der Waals surface area contributed by atoms with Gasteiger partial charge in [-0.25, -0.2) is 0 Å². The molecule has 2 unspecified atom stereocenters. The first-order valence-corrected chi connectivity index (χ1v) is 10.1. The van der Waals surface area contributed by atoms with Crippen LogP contribution in [0, 0.1) is 13.8 Å². The van der Waals surface area contributed by atoms with Crippen molar-refractivity contribution >= 4 is 38.9 Å². The number of hydrogen-bond donors (Lipinski definition) is 1. The van der Waals surface area contributed by atoms with Crippen LogP contribution in [0.4, 0.5) is 5.69 Å². The molecule has 1 aliphatic heterocycles. The zero-order chi connectivity index (χ0) is 19.1. The largest absolute Gasteiger partial charge is 0.352 e. The number of anilines is 1. The van der Waals surface area contributed by atoms with Crippen molar-refractivity contribution in [3.05, 3.63) is 81.8 Å². The summed E-state index contributed by atoms with van der Waals surface area (Å²) >= 11 is 9.28. The van der Waals surface area contributed by atoms with Crippen LogP contribution < -0.4 is 10.2 Å². The fourth-order valence-corrected chi connectivity index (χ4v) is 4.34. The summed E-state index contributed by atoms with van der Waals surface area (Å²) in [7, 11) is 2.11. The molecule has 1 N–H and O–H groups in total. The lowest BCUT2D eigenvalue weighted by atomic mass is 9.96. The van der Waals surface area contributed by atoms with Crippen LogP contribution in [0.2, 0.25) is 0 Å². The smallest absolute Gasteiger partial charge is 0.174 e. The summed E-state index contributed by atoms with van der Waals surface area (Å²) in [5, 5.41) is 4.23. The highest BCUT2D eigenvalue weighted by molar-refractivity contribution is 9.10. The molecule has 3 heterocycles. The Labute approximate surface area is 173 Å². The Bertz CT molecular complexity index is 981. The quantitative estimate of drug-likeness (QED) is 0.582. The van der Waals surface area contributed by atoms with Gasteiger partial charge in [0.05, 0.1) is 17.8 Å². The third-order valence-electron chi connectivity index (χ3n) is 5.34. The van der Waals surface area contributed by atoms with Gasteiger partial charge in [-0.2, -0.15) is 0 Å². The molecule has 0 bridgehead atoms. The third-order valence-corrected chi connectivity index (χ3v) is 6.18. The minimum atomic E-state index is -0.0113. The molecule has 1 saturated heterocycles. The number of hydrogen-bond acceptors (Lipinski definition) is 2. The maximum Gasteiger partial charge on any atom is 0.174 e. The van der Waals surface area contributed by atoms with Crippen molar-refractivity contribution < 1.29 is 0 Å². The van der Waals surface area contributed by atoms with Crippen molar-refractivity contribution in [3.8, 4) is 0 Å². The van der Waals surface area contributed by atoms with Gasteiger partial charge in [-0.05, 0) is 74.1 Å². The van der Waals surface area contributed by atoms with E-state index in [1.165, 1.54) is 17.0 Å². The van der Waals surface area contributed by atoms with Crippen molar-refractivity contribution in [2.75, 3.05) is 4.90 Å². The highest BCUT2D eigenvalue weighted by Gasteiger charge is 2.42. The zero-order valence-electron chi connectivity index (χ0n) is 15.5. The predicted molar refractivity (Wildman–Crippen MR) is 117 cm³/mol. The summed E-state index contributed by atoms with van der Waals surface area (Å²) in [6.07, 6.45) is 1.84. The lowest BCUT2D eigenvalue weighted by Gasteiger charge is -2.28. The Morgan fingerprint density at radius 1 is 1.11 bits per heavy atom. The van der Waals surface area contributed by atoms with E-state index in [4.69, 9.17) is 12.2 Å². The van der Waals surface area contributed by atoms with Crippen LogP contribution >= 0.6 is 28.1 Å². The average molecular weight is 441 g/mol. The molecule has 4 nitrogen and oxygen atoms in total. The molecule has 1 aliphatic rings. The Balaban J connectivity index is 1.87. The van der Waals surface area contributed by atoms with E-state index in [0.29, 0.717) is 0 Å².